The minimum atomic E-state index is -1.01. The smallest absolute Gasteiger partial charge is 0.354 e. The Bertz CT molecular complexity index is 1020. The van der Waals surface area contributed by atoms with Gasteiger partial charge in [-0.15, -0.1) is 0 Å². The standard InChI is InChI=1S/C19H14N2O2/c22-19(23)17-11-14-13-8-4-5-9-15(13)21-18(14)16(20-17)10-12-6-2-1-3-7-12/h1-9,11,21H,10H2,(H,22,23). The number of nitrogens with zero attached hydrogens (tertiary/aromatic N) is 1. The highest BCUT2D eigenvalue weighted by molar-refractivity contribution is 6.09. The first-order valence-corrected chi connectivity index (χ1v) is 7.40. The number of carbonyl (C=O) groups is 1. The summed E-state index contributed by atoms with van der Waals surface area (Å²) in [7, 11) is 0. The topological polar surface area (TPSA) is 66.0 Å². The van der Waals surface area contributed by atoms with Crippen molar-refractivity contribution in [1.82, 2.24) is 9.97 Å². The molecule has 112 valence electrons. The van der Waals surface area contributed by atoms with Gasteiger partial charge in [-0.25, -0.2) is 9.78 Å². The molecule has 0 aliphatic heterocycles. The first-order chi connectivity index (χ1) is 11.2. The van der Waals surface area contributed by atoms with Crippen molar-refractivity contribution in [2.24, 2.45) is 0 Å². The molecule has 2 aromatic carbocycles. The fourth-order valence-electron chi connectivity index (χ4n) is 2.94. The first-order valence-electron chi connectivity index (χ1n) is 7.40. The van der Waals surface area contributed by atoms with E-state index >= 15 is 0 Å². The fourth-order valence-corrected chi connectivity index (χ4v) is 2.94. The average molecular weight is 302 g/mol. The zero-order chi connectivity index (χ0) is 15.8. The number of nitrogens with one attached hydrogen (secondary N) is 1. The fraction of sp³-hybridized carbons (Fsp3) is 0.0526. The predicted octanol–water partition coefficient (Wildman–Crippen LogP) is 4.01. The molecule has 2 heterocycles. The van der Waals surface area contributed by atoms with Crippen LogP contribution in [0.2, 0.25) is 0 Å². The lowest BCUT2D eigenvalue weighted by atomic mass is 10.1. The summed E-state index contributed by atoms with van der Waals surface area (Å²) in [5.41, 5.74) is 3.82. The number of aromatic amines is 1. The number of carboxylic acid groups (broad SMARTS) is 1. The van der Waals surface area contributed by atoms with Gasteiger partial charge in [0.15, 0.2) is 0 Å². The van der Waals surface area contributed by atoms with Crippen LogP contribution in [0.25, 0.3) is 21.8 Å². The van der Waals surface area contributed by atoms with E-state index in [9.17, 15) is 9.90 Å². The quantitative estimate of drug-likeness (QED) is 0.601. The summed E-state index contributed by atoms with van der Waals surface area (Å²) in [5, 5.41) is 11.3. The van der Waals surface area contributed by atoms with Crippen LogP contribution in [0.4, 0.5) is 0 Å². The van der Waals surface area contributed by atoms with Crippen molar-refractivity contribution in [3.8, 4) is 0 Å². The van der Waals surface area contributed by atoms with Gasteiger partial charge < -0.3 is 10.1 Å². The second-order valence-corrected chi connectivity index (χ2v) is 5.51. The van der Waals surface area contributed by atoms with E-state index in [1.54, 1.807) is 6.07 Å². The Morgan fingerprint density at radius 2 is 1.74 bits per heavy atom. The van der Waals surface area contributed by atoms with Crippen LogP contribution in [0, 0.1) is 0 Å². The van der Waals surface area contributed by atoms with Crippen LogP contribution in [-0.2, 0) is 6.42 Å². The second kappa shape index (κ2) is 5.25. The highest BCUT2D eigenvalue weighted by Gasteiger charge is 2.15. The van der Waals surface area contributed by atoms with E-state index in [2.05, 4.69) is 9.97 Å². The van der Waals surface area contributed by atoms with Gasteiger partial charge >= 0.3 is 5.97 Å². The van der Waals surface area contributed by atoms with Crippen LogP contribution in [0.15, 0.2) is 60.7 Å². The van der Waals surface area contributed by atoms with E-state index in [1.807, 2.05) is 54.6 Å². The van der Waals surface area contributed by atoms with Gasteiger partial charge in [0.05, 0.1) is 11.2 Å². The molecule has 4 rings (SSSR count). The molecule has 23 heavy (non-hydrogen) atoms. The van der Waals surface area contributed by atoms with E-state index in [1.165, 1.54) is 0 Å². The SMILES string of the molecule is O=C(O)c1cc2c([nH]c3ccccc32)c(Cc2ccccc2)n1. The van der Waals surface area contributed by atoms with Crippen molar-refractivity contribution in [2.75, 3.05) is 0 Å². The third-order valence-electron chi connectivity index (χ3n) is 4.00. The lowest BCUT2D eigenvalue weighted by molar-refractivity contribution is 0.0690. The third-order valence-corrected chi connectivity index (χ3v) is 4.00. The lowest BCUT2D eigenvalue weighted by Gasteiger charge is -2.05. The highest BCUT2D eigenvalue weighted by Crippen LogP contribution is 2.28. The van der Waals surface area contributed by atoms with E-state index in [0.29, 0.717) is 6.42 Å². The van der Waals surface area contributed by atoms with E-state index in [4.69, 9.17) is 0 Å². The van der Waals surface area contributed by atoms with Crippen molar-refractivity contribution in [3.05, 3.63) is 77.6 Å². The van der Waals surface area contributed by atoms with Gasteiger partial charge in [0, 0.05) is 22.7 Å². The Labute approximate surface area is 132 Å². The molecular formula is C19H14N2O2. The molecule has 0 aliphatic rings. The number of carboxylic acids is 1. The Kier molecular flexibility index (Phi) is 3.08. The normalized spacial score (nSPS) is 11.1. The minimum Gasteiger partial charge on any atom is -0.477 e. The number of aromatic nitrogens is 2. The van der Waals surface area contributed by atoms with Crippen molar-refractivity contribution < 1.29 is 9.90 Å². The van der Waals surface area contributed by atoms with Crippen LogP contribution in [0.1, 0.15) is 21.7 Å². The number of rotatable bonds is 3. The molecule has 4 heteroatoms. The Morgan fingerprint density at radius 1 is 1.00 bits per heavy atom. The van der Waals surface area contributed by atoms with Crippen LogP contribution in [0.3, 0.4) is 0 Å². The molecule has 0 bridgehead atoms. The molecule has 0 amide bonds. The summed E-state index contributed by atoms with van der Waals surface area (Å²) in [6, 6.07) is 19.5. The number of para-hydroxylation sites is 1. The van der Waals surface area contributed by atoms with E-state index in [0.717, 1.165) is 33.1 Å². The third kappa shape index (κ3) is 2.34. The van der Waals surface area contributed by atoms with Gasteiger partial charge in [-0.2, -0.15) is 0 Å². The molecule has 0 unspecified atom stereocenters. The van der Waals surface area contributed by atoms with Gasteiger partial charge in [0.1, 0.15) is 5.69 Å². The maximum absolute atomic E-state index is 11.4. The molecule has 0 saturated carbocycles. The van der Waals surface area contributed by atoms with Gasteiger partial charge in [0.2, 0.25) is 0 Å². The average Bonchev–Trinajstić information content (AvgIpc) is 2.95. The largest absolute Gasteiger partial charge is 0.477 e. The van der Waals surface area contributed by atoms with Crippen LogP contribution in [-0.4, -0.2) is 21.0 Å². The van der Waals surface area contributed by atoms with Crippen LogP contribution in [0.5, 0.6) is 0 Å². The molecule has 2 aromatic heterocycles. The van der Waals surface area contributed by atoms with Gasteiger partial charge in [-0.3, -0.25) is 0 Å². The summed E-state index contributed by atoms with van der Waals surface area (Å²) in [5.74, 6) is -1.01. The molecule has 0 atom stereocenters. The number of benzene rings is 2. The number of hydrogen-bond acceptors (Lipinski definition) is 2. The Balaban J connectivity index is 1.99. The monoisotopic (exact) mass is 302 g/mol. The molecule has 0 aliphatic carbocycles. The van der Waals surface area contributed by atoms with Crippen LogP contribution < -0.4 is 0 Å². The summed E-state index contributed by atoms with van der Waals surface area (Å²) in [4.78, 5) is 19.2. The number of H-pyrrole nitrogens is 1. The second-order valence-electron chi connectivity index (χ2n) is 5.51. The van der Waals surface area contributed by atoms with Crippen molar-refractivity contribution in [1.29, 1.82) is 0 Å². The zero-order valence-corrected chi connectivity index (χ0v) is 12.3. The van der Waals surface area contributed by atoms with E-state index < -0.39 is 5.97 Å². The number of fused-ring (bicyclic) bond motifs is 3. The van der Waals surface area contributed by atoms with E-state index in [-0.39, 0.29) is 5.69 Å². The van der Waals surface area contributed by atoms with Gasteiger partial charge in [0.25, 0.3) is 0 Å². The van der Waals surface area contributed by atoms with Gasteiger partial charge in [-0.05, 0) is 17.7 Å². The summed E-state index contributed by atoms with van der Waals surface area (Å²) in [6.45, 7) is 0. The summed E-state index contributed by atoms with van der Waals surface area (Å²) in [6.07, 6.45) is 0.589. The first kappa shape index (κ1) is 13.5. The maximum atomic E-state index is 11.4. The predicted molar refractivity (Wildman–Crippen MR) is 89.8 cm³/mol. The number of hydrogen-bond donors (Lipinski definition) is 2. The molecular weight excluding hydrogens is 288 g/mol. The summed E-state index contributed by atoms with van der Waals surface area (Å²) < 4.78 is 0. The Morgan fingerprint density at radius 3 is 2.52 bits per heavy atom. The zero-order valence-electron chi connectivity index (χ0n) is 12.3. The highest BCUT2D eigenvalue weighted by atomic mass is 16.4. The van der Waals surface area contributed by atoms with Crippen molar-refractivity contribution >= 4 is 27.8 Å². The number of pyridine rings is 1. The molecule has 0 spiro atoms. The Hall–Kier alpha value is -3.14. The molecule has 2 N–H and O–H groups in total. The lowest BCUT2D eigenvalue weighted by Crippen LogP contribution is -2.04. The molecule has 0 saturated heterocycles. The minimum absolute atomic E-state index is 0.0770. The molecule has 4 aromatic rings. The molecule has 4 nitrogen and oxygen atoms in total. The van der Waals surface area contributed by atoms with Crippen LogP contribution >= 0.6 is 0 Å². The number of aromatic carboxylic acids is 1. The van der Waals surface area contributed by atoms with Crippen molar-refractivity contribution in [2.45, 2.75) is 6.42 Å². The van der Waals surface area contributed by atoms with Gasteiger partial charge in [-0.1, -0.05) is 48.5 Å². The molecule has 0 fully saturated rings. The summed E-state index contributed by atoms with van der Waals surface area (Å²) >= 11 is 0. The maximum Gasteiger partial charge on any atom is 0.354 e. The molecule has 0 radical (unpaired) electrons. The van der Waals surface area contributed by atoms with Crippen molar-refractivity contribution in [3.63, 3.8) is 0 Å².